The van der Waals surface area contributed by atoms with E-state index in [0.717, 1.165) is 31.4 Å². The van der Waals surface area contributed by atoms with Crippen molar-refractivity contribution in [1.82, 2.24) is 15.5 Å². The maximum Gasteiger partial charge on any atom is 0.326 e. The van der Waals surface area contributed by atoms with Crippen LogP contribution in [0.4, 0.5) is 0 Å². The van der Waals surface area contributed by atoms with Crippen molar-refractivity contribution in [2.45, 2.75) is 50.2 Å². The second kappa shape index (κ2) is 8.31. The molecule has 0 bridgehead atoms. The average Bonchev–Trinajstić information content (AvgIpc) is 3.33. The molecule has 0 aliphatic carbocycles. The second-order valence-corrected chi connectivity index (χ2v) is 6.93. The number of carboxylic acid groups (broad SMARTS) is 1. The Balaban J connectivity index is 1.64. The lowest BCUT2D eigenvalue weighted by Gasteiger charge is -2.27. The van der Waals surface area contributed by atoms with E-state index in [1.807, 2.05) is 30.3 Å². The summed E-state index contributed by atoms with van der Waals surface area (Å²) in [6, 6.07) is 7.39. The Labute approximate surface area is 152 Å². The first kappa shape index (κ1) is 18.4. The molecule has 2 fully saturated rings. The fourth-order valence-corrected chi connectivity index (χ4v) is 3.72. The first-order chi connectivity index (χ1) is 12.6. The summed E-state index contributed by atoms with van der Waals surface area (Å²) in [6.45, 7) is 1.37. The van der Waals surface area contributed by atoms with Gasteiger partial charge in [-0.05, 0) is 37.8 Å². The van der Waals surface area contributed by atoms with Gasteiger partial charge in [-0.15, -0.1) is 0 Å². The lowest BCUT2D eigenvalue weighted by molar-refractivity contribution is -0.144. The van der Waals surface area contributed by atoms with E-state index in [0.29, 0.717) is 13.0 Å². The van der Waals surface area contributed by atoms with Crippen molar-refractivity contribution in [3.63, 3.8) is 0 Å². The van der Waals surface area contributed by atoms with Gasteiger partial charge in [0.25, 0.3) is 0 Å². The zero-order valence-electron chi connectivity index (χ0n) is 14.7. The molecule has 3 unspecified atom stereocenters. The molecule has 26 heavy (non-hydrogen) atoms. The number of hydrogen-bond acceptors (Lipinski definition) is 4. The third-order valence-electron chi connectivity index (χ3n) is 5.09. The number of benzene rings is 1. The molecule has 2 heterocycles. The smallest absolute Gasteiger partial charge is 0.326 e. The zero-order valence-corrected chi connectivity index (χ0v) is 14.7. The summed E-state index contributed by atoms with van der Waals surface area (Å²) in [7, 11) is 0. The van der Waals surface area contributed by atoms with Gasteiger partial charge in [-0.3, -0.25) is 9.59 Å². The first-order valence-corrected chi connectivity index (χ1v) is 9.17. The molecule has 3 N–H and O–H groups in total. The summed E-state index contributed by atoms with van der Waals surface area (Å²) in [5.74, 6) is -1.50. The Morgan fingerprint density at radius 3 is 2.62 bits per heavy atom. The van der Waals surface area contributed by atoms with Crippen molar-refractivity contribution >= 4 is 17.8 Å². The van der Waals surface area contributed by atoms with Gasteiger partial charge < -0.3 is 20.6 Å². The SMILES string of the molecule is O=C(O)C(Cc1ccccc1)NC(=O)C1CCCN1C(=O)C1CCCN1. The largest absolute Gasteiger partial charge is 0.480 e. The van der Waals surface area contributed by atoms with Crippen molar-refractivity contribution in [3.05, 3.63) is 35.9 Å². The number of carbonyl (C=O) groups excluding carboxylic acids is 2. The Morgan fingerprint density at radius 1 is 1.19 bits per heavy atom. The van der Waals surface area contributed by atoms with Gasteiger partial charge in [-0.2, -0.15) is 0 Å². The lowest BCUT2D eigenvalue weighted by Crippen LogP contribution is -2.54. The molecular formula is C19H25N3O4. The van der Waals surface area contributed by atoms with Gasteiger partial charge in [0.15, 0.2) is 0 Å². The number of carbonyl (C=O) groups is 3. The number of nitrogens with zero attached hydrogens (tertiary/aromatic N) is 1. The number of likely N-dealkylation sites (tertiary alicyclic amines) is 1. The van der Waals surface area contributed by atoms with E-state index in [9.17, 15) is 19.5 Å². The van der Waals surface area contributed by atoms with Crippen LogP contribution in [-0.4, -0.2) is 59.0 Å². The molecule has 3 atom stereocenters. The number of hydrogen-bond donors (Lipinski definition) is 3. The molecule has 0 spiro atoms. The monoisotopic (exact) mass is 359 g/mol. The number of nitrogens with one attached hydrogen (secondary N) is 2. The number of carboxylic acids is 1. The molecule has 2 aliphatic rings. The highest BCUT2D eigenvalue weighted by molar-refractivity contribution is 5.92. The Morgan fingerprint density at radius 2 is 1.96 bits per heavy atom. The summed E-state index contributed by atoms with van der Waals surface area (Å²) in [5.41, 5.74) is 0.842. The van der Waals surface area contributed by atoms with Crippen LogP contribution >= 0.6 is 0 Å². The molecule has 1 aromatic rings. The van der Waals surface area contributed by atoms with E-state index < -0.39 is 18.1 Å². The highest BCUT2D eigenvalue weighted by Gasteiger charge is 2.38. The normalized spacial score (nSPS) is 23.6. The van der Waals surface area contributed by atoms with Crippen LogP contribution in [0, 0.1) is 0 Å². The molecule has 0 aromatic heterocycles. The first-order valence-electron chi connectivity index (χ1n) is 9.17. The highest BCUT2D eigenvalue weighted by atomic mass is 16.4. The fraction of sp³-hybridized carbons (Fsp3) is 0.526. The van der Waals surface area contributed by atoms with Crippen molar-refractivity contribution in [1.29, 1.82) is 0 Å². The maximum atomic E-state index is 12.7. The van der Waals surface area contributed by atoms with E-state index in [2.05, 4.69) is 10.6 Å². The molecule has 1 aromatic carbocycles. The molecule has 0 radical (unpaired) electrons. The summed E-state index contributed by atoms with van der Waals surface area (Å²) in [6.07, 6.45) is 3.29. The van der Waals surface area contributed by atoms with Gasteiger partial charge in [0.1, 0.15) is 12.1 Å². The fourth-order valence-electron chi connectivity index (χ4n) is 3.72. The predicted molar refractivity (Wildman–Crippen MR) is 95.5 cm³/mol. The van der Waals surface area contributed by atoms with Crippen LogP contribution < -0.4 is 10.6 Å². The van der Waals surface area contributed by atoms with Crippen molar-refractivity contribution < 1.29 is 19.5 Å². The van der Waals surface area contributed by atoms with Crippen LogP contribution in [0.2, 0.25) is 0 Å². The molecule has 7 heteroatoms. The van der Waals surface area contributed by atoms with Gasteiger partial charge in [0, 0.05) is 13.0 Å². The van der Waals surface area contributed by atoms with E-state index in [-0.39, 0.29) is 24.3 Å². The molecular weight excluding hydrogens is 334 g/mol. The Bertz CT molecular complexity index is 658. The van der Waals surface area contributed by atoms with Gasteiger partial charge in [-0.1, -0.05) is 30.3 Å². The van der Waals surface area contributed by atoms with Crippen LogP contribution in [0.5, 0.6) is 0 Å². The second-order valence-electron chi connectivity index (χ2n) is 6.93. The quantitative estimate of drug-likeness (QED) is 0.689. The molecule has 0 saturated carbocycles. The maximum absolute atomic E-state index is 12.7. The van der Waals surface area contributed by atoms with E-state index in [1.165, 1.54) is 0 Å². The molecule has 140 valence electrons. The minimum absolute atomic E-state index is 0.0462. The van der Waals surface area contributed by atoms with Crippen molar-refractivity contribution in [2.24, 2.45) is 0 Å². The van der Waals surface area contributed by atoms with Gasteiger partial charge in [0.2, 0.25) is 11.8 Å². The molecule has 2 amide bonds. The van der Waals surface area contributed by atoms with Gasteiger partial charge in [0.05, 0.1) is 6.04 Å². The summed E-state index contributed by atoms with van der Waals surface area (Å²) >= 11 is 0. The Hall–Kier alpha value is -2.41. The van der Waals surface area contributed by atoms with Crippen molar-refractivity contribution in [2.75, 3.05) is 13.1 Å². The number of aliphatic carboxylic acids is 1. The van der Waals surface area contributed by atoms with Gasteiger partial charge in [-0.25, -0.2) is 4.79 Å². The summed E-state index contributed by atoms with van der Waals surface area (Å²) in [5, 5.41) is 15.3. The average molecular weight is 359 g/mol. The van der Waals surface area contributed by atoms with Crippen LogP contribution in [0.1, 0.15) is 31.2 Å². The Kier molecular flexibility index (Phi) is 5.88. The zero-order chi connectivity index (χ0) is 18.5. The highest BCUT2D eigenvalue weighted by Crippen LogP contribution is 2.21. The predicted octanol–water partition coefficient (Wildman–Crippen LogP) is 0.542. The van der Waals surface area contributed by atoms with Crippen LogP contribution in [0.15, 0.2) is 30.3 Å². The minimum Gasteiger partial charge on any atom is -0.480 e. The van der Waals surface area contributed by atoms with Crippen LogP contribution in [0.3, 0.4) is 0 Å². The topological polar surface area (TPSA) is 98.7 Å². The number of amides is 2. The molecule has 2 aliphatic heterocycles. The summed E-state index contributed by atoms with van der Waals surface area (Å²) in [4.78, 5) is 38.5. The van der Waals surface area contributed by atoms with Gasteiger partial charge >= 0.3 is 5.97 Å². The van der Waals surface area contributed by atoms with Crippen molar-refractivity contribution in [3.8, 4) is 0 Å². The molecule has 7 nitrogen and oxygen atoms in total. The molecule has 3 rings (SSSR count). The number of rotatable bonds is 6. The van der Waals surface area contributed by atoms with Crippen LogP contribution in [-0.2, 0) is 20.8 Å². The third kappa shape index (κ3) is 4.22. The van der Waals surface area contributed by atoms with E-state index >= 15 is 0 Å². The standard InChI is InChI=1S/C19H25N3O4/c23-17(21-15(19(25)26)12-13-6-2-1-3-7-13)16-9-5-11-22(16)18(24)14-8-4-10-20-14/h1-3,6-7,14-16,20H,4-5,8-12H2,(H,21,23)(H,25,26). The lowest BCUT2D eigenvalue weighted by atomic mass is 10.1. The molecule has 2 saturated heterocycles. The summed E-state index contributed by atoms with van der Waals surface area (Å²) < 4.78 is 0. The minimum atomic E-state index is -1.07. The third-order valence-corrected chi connectivity index (χ3v) is 5.09. The van der Waals surface area contributed by atoms with E-state index in [1.54, 1.807) is 4.90 Å². The van der Waals surface area contributed by atoms with E-state index in [4.69, 9.17) is 0 Å². The van der Waals surface area contributed by atoms with Crippen LogP contribution in [0.25, 0.3) is 0 Å².